The Morgan fingerprint density at radius 3 is 3.06 bits per heavy atom. The van der Waals surface area contributed by atoms with Crippen LogP contribution in [-0.2, 0) is 7.05 Å². The second-order valence-electron chi connectivity index (χ2n) is 4.43. The van der Waals surface area contributed by atoms with Gasteiger partial charge in [0.25, 0.3) is 0 Å². The third kappa shape index (κ3) is 2.47. The first-order chi connectivity index (χ1) is 8.84. The minimum atomic E-state index is 0.712. The van der Waals surface area contributed by atoms with Gasteiger partial charge in [0, 0.05) is 36.1 Å². The summed E-state index contributed by atoms with van der Waals surface area (Å²) in [6.07, 6.45) is 0. The van der Waals surface area contributed by atoms with E-state index in [1.807, 2.05) is 6.07 Å². The number of nitrogens with zero attached hydrogens (tertiary/aromatic N) is 2. The van der Waals surface area contributed by atoms with Gasteiger partial charge in [-0.2, -0.15) is 23.5 Å². The van der Waals surface area contributed by atoms with Crippen molar-refractivity contribution in [1.82, 2.24) is 9.55 Å². The fourth-order valence-electron chi connectivity index (χ4n) is 2.16. The number of benzene rings is 1. The molecule has 1 aromatic carbocycles. The monoisotopic (exact) mass is 279 g/mol. The lowest BCUT2D eigenvalue weighted by atomic mass is 10.3. The molecule has 1 atom stereocenters. The van der Waals surface area contributed by atoms with Crippen molar-refractivity contribution in [2.45, 2.75) is 5.25 Å². The summed E-state index contributed by atoms with van der Waals surface area (Å²) in [5.74, 6) is 4.81. The smallest absolute Gasteiger partial charge is 0.203 e. The molecule has 0 radical (unpaired) electrons. The zero-order chi connectivity index (χ0) is 12.4. The van der Waals surface area contributed by atoms with Crippen molar-refractivity contribution in [2.24, 2.45) is 7.05 Å². The molecule has 1 saturated heterocycles. The number of rotatable bonds is 3. The molecule has 1 aliphatic heterocycles. The van der Waals surface area contributed by atoms with Gasteiger partial charge in [-0.25, -0.2) is 4.98 Å². The molecular formula is C13H17N3S2. The number of anilines is 1. The van der Waals surface area contributed by atoms with Crippen LogP contribution >= 0.6 is 23.5 Å². The fourth-order valence-corrected chi connectivity index (χ4v) is 4.78. The van der Waals surface area contributed by atoms with Crippen LogP contribution in [0.5, 0.6) is 0 Å². The van der Waals surface area contributed by atoms with E-state index >= 15 is 0 Å². The molecule has 18 heavy (non-hydrogen) atoms. The van der Waals surface area contributed by atoms with Crippen molar-refractivity contribution in [3.8, 4) is 0 Å². The zero-order valence-corrected chi connectivity index (χ0v) is 12.1. The van der Waals surface area contributed by atoms with Crippen molar-refractivity contribution >= 4 is 40.5 Å². The van der Waals surface area contributed by atoms with Gasteiger partial charge in [-0.15, -0.1) is 0 Å². The highest BCUT2D eigenvalue weighted by Crippen LogP contribution is 2.24. The Hall–Kier alpha value is -0.810. The number of nitrogens with one attached hydrogen (secondary N) is 1. The molecule has 2 aromatic rings. The second kappa shape index (κ2) is 5.45. The average Bonchev–Trinajstić information content (AvgIpc) is 2.75. The van der Waals surface area contributed by atoms with Crippen LogP contribution in [0.4, 0.5) is 5.95 Å². The highest BCUT2D eigenvalue weighted by Gasteiger charge is 2.15. The maximum Gasteiger partial charge on any atom is 0.203 e. The molecule has 96 valence electrons. The molecule has 0 saturated carbocycles. The number of thioether (sulfide) groups is 2. The second-order valence-corrected chi connectivity index (χ2v) is 6.99. The third-order valence-electron chi connectivity index (χ3n) is 3.16. The van der Waals surface area contributed by atoms with Crippen LogP contribution in [0.15, 0.2) is 24.3 Å². The summed E-state index contributed by atoms with van der Waals surface area (Å²) in [5.41, 5.74) is 2.25. The first-order valence-electron chi connectivity index (χ1n) is 6.19. The van der Waals surface area contributed by atoms with E-state index in [-0.39, 0.29) is 0 Å². The Labute approximate surface area is 116 Å². The number of para-hydroxylation sites is 2. The first kappa shape index (κ1) is 12.2. The number of aryl methyl sites for hydroxylation is 1. The Balaban J connectivity index is 1.72. The number of fused-ring (bicyclic) bond motifs is 1. The molecule has 1 fully saturated rings. The van der Waals surface area contributed by atoms with E-state index in [1.165, 1.54) is 22.8 Å². The van der Waals surface area contributed by atoms with E-state index < -0.39 is 0 Å². The summed E-state index contributed by atoms with van der Waals surface area (Å²) in [7, 11) is 2.07. The predicted molar refractivity (Wildman–Crippen MR) is 82.8 cm³/mol. The summed E-state index contributed by atoms with van der Waals surface area (Å²) in [6.45, 7) is 1.01. The Bertz CT molecular complexity index is 532. The summed E-state index contributed by atoms with van der Waals surface area (Å²) in [6, 6.07) is 8.26. The Morgan fingerprint density at radius 2 is 2.28 bits per heavy atom. The summed E-state index contributed by atoms with van der Waals surface area (Å²) < 4.78 is 2.13. The van der Waals surface area contributed by atoms with Gasteiger partial charge in [0.05, 0.1) is 11.0 Å². The third-order valence-corrected chi connectivity index (χ3v) is 6.00. The van der Waals surface area contributed by atoms with Gasteiger partial charge in [0.1, 0.15) is 0 Å². The Morgan fingerprint density at radius 1 is 1.39 bits per heavy atom. The molecule has 0 bridgehead atoms. The van der Waals surface area contributed by atoms with Crippen molar-refractivity contribution in [1.29, 1.82) is 0 Å². The minimum Gasteiger partial charge on any atom is -0.354 e. The van der Waals surface area contributed by atoms with E-state index in [0.29, 0.717) is 5.25 Å². The predicted octanol–water partition coefficient (Wildman–Crippen LogP) is 2.83. The van der Waals surface area contributed by atoms with Crippen LogP contribution in [0.3, 0.4) is 0 Å². The molecule has 0 aliphatic carbocycles. The van der Waals surface area contributed by atoms with Gasteiger partial charge in [-0.05, 0) is 12.1 Å². The minimum absolute atomic E-state index is 0.712. The van der Waals surface area contributed by atoms with Gasteiger partial charge in [-0.1, -0.05) is 12.1 Å². The lowest BCUT2D eigenvalue weighted by Crippen LogP contribution is -2.24. The van der Waals surface area contributed by atoms with Crippen LogP contribution < -0.4 is 5.32 Å². The highest BCUT2D eigenvalue weighted by molar-refractivity contribution is 8.06. The van der Waals surface area contributed by atoms with Crippen molar-refractivity contribution in [3.05, 3.63) is 24.3 Å². The molecule has 1 aliphatic rings. The molecule has 1 N–H and O–H groups in total. The van der Waals surface area contributed by atoms with Crippen LogP contribution in [0.1, 0.15) is 0 Å². The van der Waals surface area contributed by atoms with E-state index in [2.05, 4.69) is 63.6 Å². The molecular weight excluding hydrogens is 262 g/mol. The lowest BCUT2D eigenvalue weighted by molar-refractivity contribution is 0.909. The Kier molecular flexibility index (Phi) is 3.70. The summed E-state index contributed by atoms with van der Waals surface area (Å²) >= 11 is 4.13. The lowest BCUT2D eigenvalue weighted by Gasteiger charge is -2.21. The quantitative estimate of drug-likeness (QED) is 0.935. The molecule has 1 unspecified atom stereocenters. The van der Waals surface area contributed by atoms with E-state index in [1.54, 1.807) is 0 Å². The maximum absolute atomic E-state index is 4.63. The number of hydrogen-bond donors (Lipinski definition) is 1. The molecule has 3 nitrogen and oxygen atoms in total. The van der Waals surface area contributed by atoms with Gasteiger partial charge >= 0.3 is 0 Å². The van der Waals surface area contributed by atoms with E-state index in [4.69, 9.17) is 0 Å². The highest BCUT2D eigenvalue weighted by atomic mass is 32.2. The van der Waals surface area contributed by atoms with Crippen molar-refractivity contribution < 1.29 is 0 Å². The number of aromatic nitrogens is 2. The standard InChI is InChI=1S/C13H17N3S2/c1-16-12-5-3-2-4-11(12)15-13(16)14-8-10-9-17-6-7-18-10/h2-5,10H,6-9H2,1H3,(H,14,15). The van der Waals surface area contributed by atoms with Crippen LogP contribution in [-0.4, -0.2) is 38.6 Å². The van der Waals surface area contributed by atoms with Gasteiger partial charge < -0.3 is 9.88 Å². The van der Waals surface area contributed by atoms with Crippen LogP contribution in [0.25, 0.3) is 11.0 Å². The summed E-state index contributed by atoms with van der Waals surface area (Å²) in [5, 5.41) is 4.20. The normalized spacial score (nSPS) is 20.2. The molecule has 5 heteroatoms. The molecule has 2 heterocycles. The SMILES string of the molecule is Cn1c(NCC2CSCCS2)nc2ccccc21. The molecule has 0 amide bonds. The fraction of sp³-hybridized carbons (Fsp3) is 0.462. The van der Waals surface area contributed by atoms with E-state index in [9.17, 15) is 0 Å². The zero-order valence-electron chi connectivity index (χ0n) is 10.4. The van der Waals surface area contributed by atoms with Crippen molar-refractivity contribution in [2.75, 3.05) is 29.1 Å². The van der Waals surface area contributed by atoms with Crippen LogP contribution in [0.2, 0.25) is 0 Å². The van der Waals surface area contributed by atoms with Gasteiger partial charge in [-0.3, -0.25) is 0 Å². The largest absolute Gasteiger partial charge is 0.354 e. The molecule has 3 rings (SSSR count). The topological polar surface area (TPSA) is 29.9 Å². The van der Waals surface area contributed by atoms with Crippen molar-refractivity contribution in [3.63, 3.8) is 0 Å². The molecule has 1 aromatic heterocycles. The molecule has 0 spiro atoms. The summed E-state index contributed by atoms with van der Waals surface area (Å²) in [4.78, 5) is 4.63. The average molecular weight is 279 g/mol. The van der Waals surface area contributed by atoms with Gasteiger partial charge in [0.2, 0.25) is 5.95 Å². The van der Waals surface area contributed by atoms with Gasteiger partial charge in [0.15, 0.2) is 0 Å². The van der Waals surface area contributed by atoms with E-state index in [0.717, 1.165) is 18.0 Å². The number of imidazole rings is 1. The first-order valence-corrected chi connectivity index (χ1v) is 8.39. The maximum atomic E-state index is 4.63. The number of hydrogen-bond acceptors (Lipinski definition) is 4. The van der Waals surface area contributed by atoms with Crippen LogP contribution in [0, 0.1) is 0 Å².